The maximum atomic E-state index is 13.0. The zero-order valence-corrected chi connectivity index (χ0v) is 18.7. The Balaban J connectivity index is 2.07. The van der Waals surface area contributed by atoms with Crippen molar-refractivity contribution >= 4 is 17.4 Å². The Bertz CT molecular complexity index is 1010. The number of ether oxygens (including phenoxy) is 2. The summed E-state index contributed by atoms with van der Waals surface area (Å²) in [4.78, 5) is 27.3. The van der Waals surface area contributed by atoms with E-state index < -0.39 is 17.7 Å². The first-order chi connectivity index (χ1) is 15.2. The van der Waals surface area contributed by atoms with E-state index in [1.807, 2.05) is 27.7 Å². The monoisotopic (exact) mass is 439 g/mol. The van der Waals surface area contributed by atoms with E-state index in [4.69, 9.17) is 9.47 Å². The molecule has 0 aromatic heterocycles. The predicted octanol–water partition coefficient (Wildman–Crippen LogP) is 4.03. The van der Waals surface area contributed by atoms with Crippen LogP contribution in [0.4, 0.5) is 0 Å². The molecule has 3 rings (SSSR count). The molecule has 0 bridgehead atoms. The number of aliphatic hydroxyl groups excluding tert-OH is 1. The topological polar surface area (TPSA) is 96.3 Å². The molecule has 0 aliphatic carbocycles. The molecule has 7 nitrogen and oxygen atoms in total. The maximum Gasteiger partial charge on any atom is 0.295 e. The van der Waals surface area contributed by atoms with Crippen molar-refractivity contribution in [2.45, 2.75) is 45.9 Å². The summed E-state index contributed by atoms with van der Waals surface area (Å²) in [5.41, 5.74) is 0.970. The molecule has 32 heavy (non-hydrogen) atoms. The molecule has 1 aliphatic rings. The van der Waals surface area contributed by atoms with Crippen molar-refractivity contribution in [3.63, 3.8) is 0 Å². The normalized spacial score (nSPS) is 18.1. The number of carbonyl (C=O) groups excluding carboxylic acids is 2. The fourth-order valence-corrected chi connectivity index (χ4v) is 3.64. The Hall–Kier alpha value is -3.32. The number of aromatic hydroxyl groups is 1. The number of Topliss-reactive ketones (excluding diaryl/α,β-unsaturated/α-hetero) is 1. The Morgan fingerprint density at radius 2 is 1.72 bits per heavy atom. The van der Waals surface area contributed by atoms with E-state index >= 15 is 0 Å². The lowest BCUT2D eigenvalue weighted by Crippen LogP contribution is -2.33. The molecule has 2 aromatic carbocycles. The van der Waals surface area contributed by atoms with E-state index in [2.05, 4.69) is 0 Å². The van der Waals surface area contributed by atoms with E-state index in [1.54, 1.807) is 36.4 Å². The van der Waals surface area contributed by atoms with Crippen LogP contribution in [0.1, 0.15) is 44.9 Å². The number of hydrogen-bond acceptors (Lipinski definition) is 6. The number of rotatable bonds is 8. The molecule has 2 N–H and O–H groups in total. The van der Waals surface area contributed by atoms with Crippen LogP contribution in [0.3, 0.4) is 0 Å². The Morgan fingerprint density at radius 1 is 1.03 bits per heavy atom. The first-order valence-corrected chi connectivity index (χ1v) is 10.6. The van der Waals surface area contributed by atoms with Gasteiger partial charge in [-0.2, -0.15) is 0 Å². The molecule has 2 aromatic rings. The van der Waals surface area contributed by atoms with E-state index in [9.17, 15) is 19.8 Å². The lowest BCUT2D eigenvalue weighted by molar-refractivity contribution is -0.140. The molecule has 1 amide bonds. The minimum Gasteiger partial charge on any atom is -0.508 e. The summed E-state index contributed by atoms with van der Waals surface area (Å²) in [6.07, 6.45) is -0.0847. The van der Waals surface area contributed by atoms with Crippen molar-refractivity contribution in [1.29, 1.82) is 0 Å². The Labute approximate surface area is 187 Å². The largest absolute Gasteiger partial charge is 0.508 e. The maximum absolute atomic E-state index is 13.0. The fraction of sp³-hybridized carbons (Fsp3) is 0.360. The highest BCUT2D eigenvalue weighted by Crippen LogP contribution is 2.40. The van der Waals surface area contributed by atoms with Gasteiger partial charge in [0.2, 0.25) is 0 Å². The van der Waals surface area contributed by atoms with Crippen molar-refractivity contribution in [2.75, 3.05) is 13.2 Å². The molecule has 0 saturated carbocycles. The van der Waals surface area contributed by atoms with Crippen LogP contribution in [0.25, 0.3) is 5.76 Å². The van der Waals surface area contributed by atoms with Crippen molar-refractivity contribution in [1.82, 2.24) is 4.90 Å². The Kier molecular flexibility index (Phi) is 7.20. The number of hydrogen-bond donors (Lipinski definition) is 2. The summed E-state index contributed by atoms with van der Waals surface area (Å²) >= 11 is 0. The number of benzene rings is 2. The van der Waals surface area contributed by atoms with E-state index in [0.29, 0.717) is 16.9 Å². The van der Waals surface area contributed by atoms with Crippen LogP contribution in [-0.4, -0.2) is 52.2 Å². The summed E-state index contributed by atoms with van der Waals surface area (Å²) in [5, 5.41) is 20.8. The number of amides is 1. The van der Waals surface area contributed by atoms with Gasteiger partial charge in [0, 0.05) is 12.1 Å². The van der Waals surface area contributed by atoms with Gasteiger partial charge in [-0.15, -0.1) is 0 Å². The highest BCUT2D eigenvalue weighted by molar-refractivity contribution is 6.46. The summed E-state index contributed by atoms with van der Waals surface area (Å²) < 4.78 is 11.3. The summed E-state index contributed by atoms with van der Waals surface area (Å²) in [6, 6.07) is 12.2. The van der Waals surface area contributed by atoms with Crippen molar-refractivity contribution < 1.29 is 29.3 Å². The number of phenols is 1. The van der Waals surface area contributed by atoms with Crippen LogP contribution in [-0.2, 0) is 14.3 Å². The predicted molar refractivity (Wildman–Crippen MR) is 120 cm³/mol. The average molecular weight is 440 g/mol. The first-order valence-electron chi connectivity index (χ1n) is 10.6. The van der Waals surface area contributed by atoms with Gasteiger partial charge in [0.15, 0.2) is 0 Å². The van der Waals surface area contributed by atoms with Gasteiger partial charge in [-0.1, -0.05) is 24.3 Å². The van der Waals surface area contributed by atoms with Gasteiger partial charge < -0.3 is 24.6 Å². The second kappa shape index (κ2) is 9.87. The number of carbonyl (C=O) groups is 2. The molecule has 170 valence electrons. The number of phenolic OH excluding ortho intramolecular Hbond substituents is 1. The van der Waals surface area contributed by atoms with Crippen LogP contribution in [0.2, 0.25) is 0 Å². The smallest absolute Gasteiger partial charge is 0.295 e. The highest BCUT2D eigenvalue weighted by atomic mass is 16.5. The van der Waals surface area contributed by atoms with Gasteiger partial charge in [0.25, 0.3) is 11.7 Å². The lowest BCUT2D eigenvalue weighted by Gasteiger charge is -2.25. The first kappa shape index (κ1) is 23.3. The van der Waals surface area contributed by atoms with Crippen LogP contribution in [0, 0.1) is 0 Å². The van der Waals surface area contributed by atoms with Gasteiger partial charge in [-0.05, 0) is 57.5 Å². The quantitative estimate of drug-likeness (QED) is 0.366. The van der Waals surface area contributed by atoms with E-state index in [1.165, 1.54) is 17.0 Å². The third kappa shape index (κ3) is 5.11. The summed E-state index contributed by atoms with van der Waals surface area (Å²) in [7, 11) is 0. The molecular formula is C25H29NO6. The molecule has 1 unspecified atom stereocenters. The van der Waals surface area contributed by atoms with E-state index in [-0.39, 0.29) is 42.4 Å². The molecule has 0 radical (unpaired) electrons. The highest BCUT2D eigenvalue weighted by Gasteiger charge is 2.45. The molecule has 1 atom stereocenters. The minimum absolute atomic E-state index is 0.00747. The van der Waals surface area contributed by atoms with Gasteiger partial charge >= 0.3 is 0 Å². The number of ketones is 1. The third-order valence-corrected chi connectivity index (χ3v) is 5.01. The van der Waals surface area contributed by atoms with Crippen LogP contribution < -0.4 is 4.74 Å². The van der Waals surface area contributed by atoms with E-state index in [0.717, 1.165) is 0 Å². The van der Waals surface area contributed by atoms with Gasteiger partial charge in [0.05, 0.1) is 30.4 Å². The second-order valence-electron chi connectivity index (χ2n) is 8.20. The van der Waals surface area contributed by atoms with Gasteiger partial charge in [-0.25, -0.2) is 0 Å². The van der Waals surface area contributed by atoms with Crippen molar-refractivity contribution in [3.8, 4) is 11.5 Å². The molecular weight excluding hydrogens is 410 g/mol. The molecule has 1 fully saturated rings. The SMILES string of the molecule is CC(C)OCCN1C(=O)C(=O)/C(=C(\O)c2cccc(OC(C)C)c2)C1c1ccc(O)cc1. The molecule has 1 aliphatic heterocycles. The molecule has 1 saturated heterocycles. The number of nitrogens with zero attached hydrogens (tertiary/aromatic N) is 1. The summed E-state index contributed by atoms with van der Waals surface area (Å²) in [5.74, 6) is -1.13. The van der Waals surface area contributed by atoms with Crippen LogP contribution in [0.5, 0.6) is 11.5 Å². The zero-order valence-electron chi connectivity index (χ0n) is 18.7. The van der Waals surface area contributed by atoms with Gasteiger partial charge in [-0.3, -0.25) is 9.59 Å². The minimum atomic E-state index is -0.805. The molecule has 0 spiro atoms. The van der Waals surface area contributed by atoms with Crippen LogP contribution >= 0.6 is 0 Å². The molecule has 7 heteroatoms. The Morgan fingerprint density at radius 3 is 2.34 bits per heavy atom. The van der Waals surface area contributed by atoms with Crippen molar-refractivity contribution in [2.24, 2.45) is 0 Å². The number of likely N-dealkylation sites (tertiary alicyclic amines) is 1. The zero-order chi connectivity index (χ0) is 23.4. The summed E-state index contributed by atoms with van der Waals surface area (Å²) in [6.45, 7) is 7.98. The lowest BCUT2D eigenvalue weighted by atomic mass is 9.95. The number of aliphatic hydroxyl groups is 1. The second-order valence-corrected chi connectivity index (χ2v) is 8.20. The third-order valence-electron chi connectivity index (χ3n) is 5.01. The average Bonchev–Trinajstić information content (AvgIpc) is 2.98. The standard InChI is InChI=1S/C25H29NO6/c1-15(2)31-13-12-26-22(17-8-10-19(27)11-9-17)21(24(29)25(26)30)23(28)18-6-5-7-20(14-18)32-16(3)4/h5-11,14-16,22,27-28H,12-13H2,1-4H3/b23-21-. The van der Waals surface area contributed by atoms with Crippen LogP contribution in [0.15, 0.2) is 54.1 Å². The van der Waals surface area contributed by atoms with Crippen molar-refractivity contribution in [3.05, 3.63) is 65.2 Å². The fourth-order valence-electron chi connectivity index (χ4n) is 3.64. The molecule has 1 heterocycles. The van der Waals surface area contributed by atoms with Gasteiger partial charge in [0.1, 0.15) is 17.3 Å².